The van der Waals surface area contributed by atoms with Crippen molar-refractivity contribution in [1.29, 1.82) is 0 Å². The molecule has 29 heavy (non-hydrogen) atoms. The van der Waals surface area contributed by atoms with E-state index in [1.165, 1.54) is 0 Å². The Morgan fingerprint density at radius 1 is 1.21 bits per heavy atom. The third-order valence-electron chi connectivity index (χ3n) is 5.97. The smallest absolute Gasteiger partial charge is 0.257 e. The summed E-state index contributed by atoms with van der Waals surface area (Å²) < 4.78 is 11.7. The molecule has 1 aliphatic carbocycles. The minimum atomic E-state index is -0.140. The van der Waals surface area contributed by atoms with Gasteiger partial charge in [0.15, 0.2) is 0 Å². The summed E-state index contributed by atoms with van der Waals surface area (Å²) in [6, 6.07) is 5.48. The summed E-state index contributed by atoms with van der Waals surface area (Å²) in [6.45, 7) is 6.06. The molecule has 2 amide bonds. The molecule has 7 nitrogen and oxygen atoms in total. The lowest BCUT2D eigenvalue weighted by Gasteiger charge is -2.34. The van der Waals surface area contributed by atoms with Crippen molar-refractivity contribution < 1.29 is 19.1 Å². The highest BCUT2D eigenvalue weighted by molar-refractivity contribution is 6.00. The number of hydrogen-bond donors (Lipinski definition) is 1. The molecule has 0 spiro atoms. The molecule has 3 atom stereocenters. The van der Waals surface area contributed by atoms with Crippen LogP contribution in [0.2, 0.25) is 0 Å². The average molecular weight is 404 g/mol. The highest BCUT2D eigenvalue weighted by Crippen LogP contribution is 2.31. The lowest BCUT2D eigenvalue weighted by atomic mass is 10.0. The number of carbonyl (C=O) groups is 2. The molecule has 1 heterocycles. The number of amides is 2. The zero-order valence-electron chi connectivity index (χ0n) is 18.1. The Kier molecular flexibility index (Phi) is 6.80. The van der Waals surface area contributed by atoms with Gasteiger partial charge in [-0.1, -0.05) is 6.92 Å². The predicted octanol–water partition coefficient (Wildman–Crippen LogP) is 2.47. The maximum atomic E-state index is 13.2. The monoisotopic (exact) mass is 403 g/mol. The molecular weight excluding hydrogens is 370 g/mol. The van der Waals surface area contributed by atoms with Crippen LogP contribution in [0.5, 0.6) is 5.75 Å². The maximum absolute atomic E-state index is 13.2. The van der Waals surface area contributed by atoms with Crippen molar-refractivity contribution in [2.24, 2.45) is 11.8 Å². The van der Waals surface area contributed by atoms with Crippen LogP contribution >= 0.6 is 0 Å². The molecule has 0 unspecified atom stereocenters. The van der Waals surface area contributed by atoms with Gasteiger partial charge >= 0.3 is 0 Å². The lowest BCUT2D eigenvalue weighted by Crippen LogP contribution is -2.45. The van der Waals surface area contributed by atoms with E-state index in [4.69, 9.17) is 9.47 Å². The number of anilines is 1. The minimum absolute atomic E-state index is 0.0170. The van der Waals surface area contributed by atoms with Gasteiger partial charge in [-0.15, -0.1) is 0 Å². The van der Waals surface area contributed by atoms with Gasteiger partial charge in [0, 0.05) is 44.9 Å². The van der Waals surface area contributed by atoms with Gasteiger partial charge in [0.2, 0.25) is 5.91 Å². The largest absolute Gasteiger partial charge is 0.491 e. The van der Waals surface area contributed by atoms with Crippen LogP contribution in [0.4, 0.5) is 5.69 Å². The third kappa shape index (κ3) is 5.28. The summed E-state index contributed by atoms with van der Waals surface area (Å²) in [5, 5.41) is 2.92. The summed E-state index contributed by atoms with van der Waals surface area (Å²) in [6.07, 6.45) is 1.80. The fourth-order valence-electron chi connectivity index (χ4n) is 3.63. The third-order valence-corrected chi connectivity index (χ3v) is 5.97. The fraction of sp³-hybridized carbons (Fsp3) is 0.636. The zero-order chi connectivity index (χ0) is 21.1. The molecule has 1 N–H and O–H groups in total. The molecule has 1 saturated carbocycles. The first kappa shape index (κ1) is 21.6. The van der Waals surface area contributed by atoms with E-state index in [1.807, 2.05) is 0 Å². The van der Waals surface area contributed by atoms with Crippen molar-refractivity contribution in [2.75, 3.05) is 46.2 Å². The molecule has 0 bridgehead atoms. The van der Waals surface area contributed by atoms with Crippen molar-refractivity contribution >= 4 is 17.5 Å². The van der Waals surface area contributed by atoms with E-state index in [1.54, 1.807) is 37.3 Å². The van der Waals surface area contributed by atoms with Crippen molar-refractivity contribution in [3.8, 4) is 5.75 Å². The number of benzene rings is 1. The van der Waals surface area contributed by atoms with E-state index in [0.29, 0.717) is 30.2 Å². The number of carbonyl (C=O) groups excluding carboxylic acids is 2. The van der Waals surface area contributed by atoms with Gasteiger partial charge in [-0.25, -0.2) is 0 Å². The summed E-state index contributed by atoms with van der Waals surface area (Å²) in [5.41, 5.74) is 1.08. The van der Waals surface area contributed by atoms with Crippen molar-refractivity contribution in [2.45, 2.75) is 38.8 Å². The van der Waals surface area contributed by atoms with Gasteiger partial charge in [-0.05, 0) is 50.9 Å². The number of ether oxygens (including phenoxy) is 2. The Morgan fingerprint density at radius 3 is 2.59 bits per heavy atom. The molecule has 0 saturated heterocycles. The van der Waals surface area contributed by atoms with Crippen molar-refractivity contribution in [1.82, 2.24) is 9.80 Å². The van der Waals surface area contributed by atoms with Crippen LogP contribution in [0.1, 0.15) is 37.0 Å². The summed E-state index contributed by atoms with van der Waals surface area (Å²) in [7, 11) is 5.55. The number of methoxy groups -OCH3 is 1. The first-order valence-corrected chi connectivity index (χ1v) is 10.4. The zero-order valence-corrected chi connectivity index (χ0v) is 18.1. The Morgan fingerprint density at radius 2 is 1.93 bits per heavy atom. The highest BCUT2D eigenvalue weighted by Gasteiger charge is 2.30. The quantitative estimate of drug-likeness (QED) is 0.840. The minimum Gasteiger partial charge on any atom is -0.491 e. The first-order valence-electron chi connectivity index (χ1n) is 10.4. The van der Waals surface area contributed by atoms with Gasteiger partial charge in [0.1, 0.15) is 12.4 Å². The van der Waals surface area contributed by atoms with E-state index in [0.717, 1.165) is 19.4 Å². The van der Waals surface area contributed by atoms with Crippen LogP contribution in [0, 0.1) is 11.8 Å². The van der Waals surface area contributed by atoms with E-state index >= 15 is 0 Å². The molecular formula is C22H33N3O4. The number of fused-ring (bicyclic) bond motifs is 1. The summed E-state index contributed by atoms with van der Waals surface area (Å²) in [4.78, 5) is 29.3. The normalized spacial score (nSPS) is 26.7. The van der Waals surface area contributed by atoms with Crippen LogP contribution in [0.25, 0.3) is 0 Å². The summed E-state index contributed by atoms with van der Waals surface area (Å²) in [5.74, 6) is 0.771. The molecule has 3 rings (SSSR count). The Bertz CT molecular complexity index is 750. The average Bonchev–Trinajstić information content (AvgIpc) is 3.54. The lowest BCUT2D eigenvalue weighted by molar-refractivity contribution is -0.117. The number of nitrogens with zero attached hydrogens (tertiary/aromatic N) is 2. The fourth-order valence-corrected chi connectivity index (χ4v) is 3.63. The number of nitrogens with one attached hydrogen (secondary N) is 1. The molecule has 160 valence electrons. The van der Waals surface area contributed by atoms with Crippen molar-refractivity contribution in [3.63, 3.8) is 0 Å². The number of likely N-dealkylation sites (N-methyl/N-ethyl adjacent to an activating group) is 2. The first-order chi connectivity index (χ1) is 13.8. The number of rotatable bonds is 3. The predicted molar refractivity (Wildman–Crippen MR) is 112 cm³/mol. The molecule has 1 aromatic rings. The van der Waals surface area contributed by atoms with E-state index in [-0.39, 0.29) is 35.8 Å². The van der Waals surface area contributed by atoms with Gasteiger partial charge in [0.25, 0.3) is 5.91 Å². The maximum Gasteiger partial charge on any atom is 0.257 e. The van der Waals surface area contributed by atoms with Crippen LogP contribution in [0.15, 0.2) is 18.2 Å². The SMILES string of the molecule is CO[C@@H]1CN(C)C(=O)c2cc(NC(=O)C3CC3)ccc2OC[C@H](C)N(C)C[C@@H]1C. The van der Waals surface area contributed by atoms with E-state index in [2.05, 4.69) is 31.1 Å². The van der Waals surface area contributed by atoms with Crippen LogP contribution in [0.3, 0.4) is 0 Å². The van der Waals surface area contributed by atoms with E-state index < -0.39 is 0 Å². The molecule has 1 fully saturated rings. The van der Waals surface area contributed by atoms with Crippen LogP contribution < -0.4 is 10.1 Å². The molecule has 0 aromatic heterocycles. The molecule has 1 aliphatic heterocycles. The van der Waals surface area contributed by atoms with Crippen LogP contribution in [-0.2, 0) is 9.53 Å². The molecule has 0 radical (unpaired) electrons. The van der Waals surface area contributed by atoms with Gasteiger partial charge in [0.05, 0.1) is 11.7 Å². The second-order valence-electron chi connectivity index (χ2n) is 8.51. The van der Waals surface area contributed by atoms with E-state index in [9.17, 15) is 9.59 Å². The van der Waals surface area contributed by atoms with Gasteiger partial charge in [-0.3, -0.25) is 14.5 Å². The van der Waals surface area contributed by atoms with Crippen LogP contribution in [-0.4, -0.2) is 74.7 Å². The van der Waals surface area contributed by atoms with Gasteiger partial charge in [-0.2, -0.15) is 0 Å². The Labute approximate surface area is 173 Å². The second-order valence-corrected chi connectivity index (χ2v) is 8.51. The van der Waals surface area contributed by atoms with Crippen molar-refractivity contribution in [3.05, 3.63) is 23.8 Å². The molecule has 2 aliphatic rings. The highest BCUT2D eigenvalue weighted by atomic mass is 16.5. The molecule has 1 aromatic carbocycles. The Hall–Kier alpha value is -2.12. The molecule has 7 heteroatoms. The summed E-state index contributed by atoms with van der Waals surface area (Å²) >= 11 is 0. The Balaban J connectivity index is 1.89. The standard InChI is InChI=1S/C22H33N3O4/c1-14-11-24(3)15(2)13-29-19-9-8-17(23-21(26)16-6-7-16)10-18(19)22(27)25(4)12-20(14)28-5/h8-10,14-16,20H,6-7,11-13H2,1-5H3,(H,23,26)/t14-,15-,20+/m0/s1. The van der Waals surface area contributed by atoms with Gasteiger partial charge < -0.3 is 19.7 Å². The number of hydrogen-bond acceptors (Lipinski definition) is 5. The second kappa shape index (κ2) is 9.13. The topological polar surface area (TPSA) is 71.1 Å².